The Hall–Kier alpha value is -0.0400. The lowest BCUT2D eigenvalue weighted by atomic mass is 9.73. The number of piperidine rings is 1. The molecule has 13 heavy (non-hydrogen) atoms. The maximum absolute atomic E-state index is 2.60. The zero-order valence-corrected chi connectivity index (χ0v) is 9.93. The summed E-state index contributed by atoms with van der Waals surface area (Å²) < 4.78 is 0. The zero-order chi connectivity index (χ0) is 10.1. The molecule has 2 atom stereocenters. The molecule has 1 heterocycles. The monoisotopic (exact) mass is 183 g/mol. The quantitative estimate of drug-likeness (QED) is 0.603. The summed E-state index contributed by atoms with van der Waals surface area (Å²) in [5.41, 5.74) is 0.508. The van der Waals surface area contributed by atoms with Gasteiger partial charge in [0.15, 0.2) is 0 Å². The van der Waals surface area contributed by atoms with Gasteiger partial charge in [0, 0.05) is 6.04 Å². The molecule has 0 aliphatic carbocycles. The van der Waals surface area contributed by atoms with Crippen molar-refractivity contribution >= 4 is 0 Å². The lowest BCUT2D eigenvalue weighted by Crippen LogP contribution is -2.43. The first kappa shape index (κ1) is 11.0. The van der Waals surface area contributed by atoms with Crippen LogP contribution in [0.5, 0.6) is 0 Å². The van der Waals surface area contributed by atoms with Crippen molar-refractivity contribution in [3.8, 4) is 0 Å². The molecule has 0 bridgehead atoms. The molecule has 0 N–H and O–H groups in total. The number of hydrogen-bond donors (Lipinski definition) is 0. The second kappa shape index (κ2) is 4.00. The van der Waals surface area contributed by atoms with Crippen molar-refractivity contribution in [2.45, 2.75) is 53.5 Å². The molecule has 0 aromatic heterocycles. The summed E-state index contributed by atoms with van der Waals surface area (Å²) in [6.07, 6.45) is 2.78. The van der Waals surface area contributed by atoms with Crippen molar-refractivity contribution in [2.75, 3.05) is 13.1 Å². The molecule has 1 heteroatoms. The molecule has 1 nitrogen and oxygen atoms in total. The number of rotatable bonds is 1. The van der Waals surface area contributed by atoms with E-state index in [9.17, 15) is 0 Å². The highest BCUT2D eigenvalue weighted by molar-refractivity contribution is 4.84. The van der Waals surface area contributed by atoms with Crippen molar-refractivity contribution in [3.05, 3.63) is 0 Å². The molecular weight excluding hydrogens is 158 g/mol. The first-order valence-corrected chi connectivity index (χ1v) is 5.69. The van der Waals surface area contributed by atoms with E-state index in [-0.39, 0.29) is 0 Å². The van der Waals surface area contributed by atoms with Gasteiger partial charge in [0.25, 0.3) is 0 Å². The summed E-state index contributed by atoms with van der Waals surface area (Å²) in [6.45, 7) is 14.3. The third-order valence-electron chi connectivity index (χ3n) is 3.64. The van der Waals surface area contributed by atoms with E-state index in [0.717, 1.165) is 12.0 Å². The first-order valence-electron chi connectivity index (χ1n) is 5.69. The van der Waals surface area contributed by atoms with Crippen LogP contribution < -0.4 is 0 Å². The lowest BCUT2D eigenvalue weighted by Gasteiger charge is -2.42. The summed E-state index contributed by atoms with van der Waals surface area (Å²) in [5, 5.41) is 0. The Labute approximate surface area is 83.5 Å². The summed E-state index contributed by atoms with van der Waals surface area (Å²) in [7, 11) is 0. The highest BCUT2D eigenvalue weighted by Crippen LogP contribution is 2.36. The fourth-order valence-electron chi connectivity index (χ4n) is 2.48. The molecule has 0 spiro atoms. The largest absolute Gasteiger partial charge is 0.301 e. The predicted octanol–water partition coefficient (Wildman–Crippen LogP) is 3.15. The van der Waals surface area contributed by atoms with Crippen molar-refractivity contribution in [1.29, 1.82) is 0 Å². The van der Waals surface area contributed by atoms with Gasteiger partial charge in [0.1, 0.15) is 0 Å². The maximum Gasteiger partial charge on any atom is 0.00696 e. The maximum atomic E-state index is 2.60. The number of hydrogen-bond acceptors (Lipinski definition) is 1. The highest BCUT2D eigenvalue weighted by Gasteiger charge is 2.31. The van der Waals surface area contributed by atoms with Gasteiger partial charge in [-0.1, -0.05) is 27.7 Å². The summed E-state index contributed by atoms with van der Waals surface area (Å²) in [4.78, 5) is 2.60. The smallest absolute Gasteiger partial charge is 0.00696 e. The molecular formula is C12H25N. The van der Waals surface area contributed by atoms with Gasteiger partial charge in [-0.3, -0.25) is 0 Å². The van der Waals surface area contributed by atoms with E-state index in [0.29, 0.717) is 5.41 Å². The fraction of sp³-hybridized carbons (Fsp3) is 1.00. The van der Waals surface area contributed by atoms with Gasteiger partial charge in [-0.05, 0) is 44.2 Å². The van der Waals surface area contributed by atoms with Crippen LogP contribution in [0.3, 0.4) is 0 Å². The third kappa shape index (κ3) is 2.70. The van der Waals surface area contributed by atoms with Gasteiger partial charge >= 0.3 is 0 Å². The summed E-state index contributed by atoms with van der Waals surface area (Å²) in [6, 6.07) is 0.794. The predicted molar refractivity (Wildman–Crippen MR) is 58.9 cm³/mol. The van der Waals surface area contributed by atoms with Crippen LogP contribution in [0.4, 0.5) is 0 Å². The van der Waals surface area contributed by atoms with Gasteiger partial charge in [-0.2, -0.15) is 0 Å². The zero-order valence-electron chi connectivity index (χ0n) is 9.93. The molecule has 1 rings (SSSR count). The van der Waals surface area contributed by atoms with Gasteiger partial charge in [0.2, 0.25) is 0 Å². The fourth-order valence-corrected chi connectivity index (χ4v) is 2.48. The van der Waals surface area contributed by atoms with Crippen LogP contribution in [-0.2, 0) is 0 Å². The van der Waals surface area contributed by atoms with Gasteiger partial charge in [-0.15, -0.1) is 0 Å². The molecule has 1 aliphatic rings. The minimum Gasteiger partial charge on any atom is -0.301 e. The van der Waals surface area contributed by atoms with Crippen LogP contribution in [0.1, 0.15) is 47.5 Å². The van der Waals surface area contributed by atoms with Crippen LogP contribution in [-0.4, -0.2) is 24.0 Å². The Bertz CT molecular complexity index is 157. The van der Waals surface area contributed by atoms with Crippen LogP contribution in [0.2, 0.25) is 0 Å². The first-order chi connectivity index (χ1) is 5.95. The standard InChI is InChI=1S/C12H25N/c1-6-13-8-7-11(9-10(13)2)12(3,4)5/h10-11H,6-9H2,1-5H3. The average Bonchev–Trinajstić information content (AvgIpc) is 2.02. The Balaban J connectivity index is 2.51. The molecule has 0 aromatic rings. The molecule has 0 aromatic carbocycles. The number of nitrogens with zero attached hydrogens (tertiary/aromatic N) is 1. The summed E-state index contributed by atoms with van der Waals surface area (Å²) >= 11 is 0. The molecule has 2 unspecified atom stereocenters. The normalized spacial score (nSPS) is 32.1. The third-order valence-corrected chi connectivity index (χ3v) is 3.64. The highest BCUT2D eigenvalue weighted by atomic mass is 15.1. The van der Waals surface area contributed by atoms with Gasteiger partial charge in [-0.25, -0.2) is 0 Å². The Morgan fingerprint density at radius 2 is 1.92 bits per heavy atom. The molecule has 78 valence electrons. The number of likely N-dealkylation sites (tertiary alicyclic amines) is 1. The van der Waals surface area contributed by atoms with Crippen LogP contribution in [0, 0.1) is 11.3 Å². The van der Waals surface area contributed by atoms with Crippen molar-refractivity contribution < 1.29 is 0 Å². The second-order valence-electron chi connectivity index (χ2n) is 5.56. The SMILES string of the molecule is CCN1CCC(C(C)(C)C)CC1C. The minimum atomic E-state index is 0.508. The average molecular weight is 183 g/mol. The van der Waals surface area contributed by atoms with E-state index in [2.05, 4.69) is 39.5 Å². The van der Waals surface area contributed by atoms with Crippen molar-refractivity contribution in [1.82, 2.24) is 4.90 Å². The Morgan fingerprint density at radius 1 is 1.31 bits per heavy atom. The molecule has 1 saturated heterocycles. The van der Waals surface area contributed by atoms with Gasteiger partial charge < -0.3 is 4.90 Å². The van der Waals surface area contributed by atoms with E-state index in [1.54, 1.807) is 0 Å². The Morgan fingerprint density at radius 3 is 2.31 bits per heavy atom. The van der Waals surface area contributed by atoms with E-state index in [1.807, 2.05) is 0 Å². The molecule has 1 aliphatic heterocycles. The lowest BCUT2D eigenvalue weighted by molar-refractivity contribution is 0.0738. The molecule has 0 amide bonds. The molecule has 0 saturated carbocycles. The van der Waals surface area contributed by atoms with Gasteiger partial charge in [0.05, 0.1) is 0 Å². The van der Waals surface area contributed by atoms with Crippen LogP contribution in [0.15, 0.2) is 0 Å². The van der Waals surface area contributed by atoms with E-state index < -0.39 is 0 Å². The Kier molecular flexibility index (Phi) is 3.39. The van der Waals surface area contributed by atoms with Crippen LogP contribution in [0.25, 0.3) is 0 Å². The van der Waals surface area contributed by atoms with Crippen LogP contribution >= 0.6 is 0 Å². The molecule has 0 radical (unpaired) electrons. The summed E-state index contributed by atoms with van der Waals surface area (Å²) in [5.74, 6) is 0.922. The van der Waals surface area contributed by atoms with E-state index in [4.69, 9.17) is 0 Å². The molecule has 1 fully saturated rings. The van der Waals surface area contributed by atoms with Crippen molar-refractivity contribution in [3.63, 3.8) is 0 Å². The van der Waals surface area contributed by atoms with Crippen molar-refractivity contribution in [2.24, 2.45) is 11.3 Å². The topological polar surface area (TPSA) is 3.24 Å². The van der Waals surface area contributed by atoms with E-state index in [1.165, 1.54) is 25.9 Å². The van der Waals surface area contributed by atoms with E-state index >= 15 is 0 Å². The minimum absolute atomic E-state index is 0.508. The second-order valence-corrected chi connectivity index (χ2v) is 5.56.